The lowest BCUT2D eigenvalue weighted by molar-refractivity contribution is -0.121. The highest BCUT2D eigenvalue weighted by Gasteiger charge is 2.29. The molecule has 0 atom stereocenters. The molecule has 2 aromatic carbocycles. The number of benzene rings is 2. The fraction of sp³-hybridized carbons (Fsp3) is 0.250. The minimum atomic E-state index is -3.89. The topological polar surface area (TPSA) is 79.4 Å². The third-order valence-corrected chi connectivity index (χ3v) is 7.06. The molecule has 162 valence electrons. The summed E-state index contributed by atoms with van der Waals surface area (Å²) in [6.07, 6.45) is 3.30. The number of nitrogens with zero attached hydrogens (tertiary/aromatic N) is 2. The molecule has 7 heteroatoms. The van der Waals surface area contributed by atoms with Gasteiger partial charge in [0.15, 0.2) is 0 Å². The van der Waals surface area contributed by atoms with E-state index in [9.17, 15) is 13.2 Å². The zero-order valence-electron chi connectivity index (χ0n) is 18.0. The first-order chi connectivity index (χ1) is 14.8. The Bertz CT molecular complexity index is 1120. The summed E-state index contributed by atoms with van der Waals surface area (Å²) in [7, 11) is -3.89. The number of nitrogens with one attached hydrogen (secondary N) is 1. The van der Waals surface area contributed by atoms with Crippen LogP contribution in [0.3, 0.4) is 0 Å². The number of hydrogen-bond acceptors (Lipinski definition) is 4. The van der Waals surface area contributed by atoms with Crippen LogP contribution >= 0.6 is 0 Å². The van der Waals surface area contributed by atoms with Crippen LogP contribution in [0.2, 0.25) is 0 Å². The first kappa shape index (κ1) is 22.7. The molecule has 6 nitrogen and oxygen atoms in total. The molecule has 0 radical (unpaired) electrons. The van der Waals surface area contributed by atoms with Crippen molar-refractivity contribution in [2.75, 3.05) is 6.54 Å². The molecule has 3 aromatic rings. The van der Waals surface area contributed by atoms with Crippen molar-refractivity contribution in [2.45, 2.75) is 38.8 Å². The lowest BCUT2D eigenvalue weighted by Gasteiger charge is -2.24. The fourth-order valence-corrected chi connectivity index (χ4v) is 5.43. The van der Waals surface area contributed by atoms with E-state index in [0.717, 1.165) is 16.7 Å². The molecule has 1 amide bonds. The van der Waals surface area contributed by atoms with E-state index in [4.69, 9.17) is 0 Å². The van der Waals surface area contributed by atoms with Crippen molar-refractivity contribution >= 4 is 15.9 Å². The van der Waals surface area contributed by atoms with Crippen LogP contribution in [0.4, 0.5) is 0 Å². The number of aryl methyl sites for hydroxylation is 3. The number of sulfonamides is 1. The molecular weight excluding hydrogens is 410 g/mol. The van der Waals surface area contributed by atoms with E-state index < -0.39 is 10.0 Å². The predicted molar refractivity (Wildman–Crippen MR) is 121 cm³/mol. The quantitative estimate of drug-likeness (QED) is 0.585. The smallest absolute Gasteiger partial charge is 0.244 e. The number of hydrogen-bond donors (Lipinski definition) is 1. The lowest BCUT2D eigenvalue weighted by Crippen LogP contribution is -2.40. The van der Waals surface area contributed by atoms with E-state index in [0.29, 0.717) is 17.7 Å². The summed E-state index contributed by atoms with van der Waals surface area (Å²) in [5.41, 5.74) is 4.06. The molecule has 0 saturated heterocycles. The van der Waals surface area contributed by atoms with Crippen LogP contribution in [0.15, 0.2) is 71.9 Å². The summed E-state index contributed by atoms with van der Waals surface area (Å²) in [5.74, 6) is -0.362. The number of pyridine rings is 1. The predicted octanol–water partition coefficient (Wildman–Crippen LogP) is 3.51. The Morgan fingerprint density at radius 1 is 0.935 bits per heavy atom. The van der Waals surface area contributed by atoms with Crippen molar-refractivity contribution in [3.8, 4) is 0 Å². The molecule has 0 aliphatic carbocycles. The Balaban J connectivity index is 1.88. The van der Waals surface area contributed by atoms with Crippen molar-refractivity contribution in [3.05, 3.63) is 94.8 Å². The van der Waals surface area contributed by atoms with Crippen molar-refractivity contribution in [1.29, 1.82) is 0 Å². The van der Waals surface area contributed by atoms with E-state index >= 15 is 0 Å². The van der Waals surface area contributed by atoms with Gasteiger partial charge in [0.1, 0.15) is 0 Å². The Kier molecular flexibility index (Phi) is 7.20. The summed E-state index contributed by atoms with van der Waals surface area (Å²) in [6, 6.07) is 16.6. The normalized spacial score (nSPS) is 11.5. The molecule has 0 aliphatic heterocycles. The minimum absolute atomic E-state index is 0.110. The first-order valence-corrected chi connectivity index (χ1v) is 11.5. The molecule has 1 aromatic heterocycles. The van der Waals surface area contributed by atoms with E-state index in [1.54, 1.807) is 38.4 Å². The number of amides is 1. The van der Waals surface area contributed by atoms with Gasteiger partial charge in [-0.2, -0.15) is 4.31 Å². The average molecular weight is 438 g/mol. The van der Waals surface area contributed by atoms with Gasteiger partial charge in [-0.15, -0.1) is 0 Å². The van der Waals surface area contributed by atoms with E-state index in [1.807, 2.05) is 49.4 Å². The Hall–Kier alpha value is -3.03. The summed E-state index contributed by atoms with van der Waals surface area (Å²) in [5, 5.41) is 2.80. The van der Waals surface area contributed by atoms with Crippen LogP contribution in [0.5, 0.6) is 0 Å². The second kappa shape index (κ2) is 9.85. The fourth-order valence-electron chi connectivity index (χ4n) is 3.63. The number of aromatic nitrogens is 1. The molecule has 0 spiro atoms. The van der Waals surface area contributed by atoms with Gasteiger partial charge in [0.25, 0.3) is 0 Å². The minimum Gasteiger partial charge on any atom is -0.351 e. The van der Waals surface area contributed by atoms with Crippen LogP contribution in [0.1, 0.15) is 27.8 Å². The SMILES string of the molecule is Cc1cc(C)c(S(=O)(=O)N(CC(=O)NCc2ccncc2)Cc2ccccc2)c(C)c1. The molecule has 0 aliphatic rings. The molecule has 1 heterocycles. The largest absolute Gasteiger partial charge is 0.351 e. The van der Waals surface area contributed by atoms with Gasteiger partial charge in [0.2, 0.25) is 15.9 Å². The summed E-state index contributed by atoms with van der Waals surface area (Å²) in [6.45, 7) is 5.66. The lowest BCUT2D eigenvalue weighted by atomic mass is 10.1. The van der Waals surface area contributed by atoms with Gasteiger partial charge in [-0.1, -0.05) is 48.0 Å². The highest BCUT2D eigenvalue weighted by atomic mass is 32.2. The summed E-state index contributed by atoms with van der Waals surface area (Å²) < 4.78 is 28.5. The van der Waals surface area contributed by atoms with Crippen molar-refractivity contribution in [1.82, 2.24) is 14.6 Å². The van der Waals surface area contributed by atoms with Crippen LogP contribution < -0.4 is 5.32 Å². The monoisotopic (exact) mass is 437 g/mol. The van der Waals surface area contributed by atoms with Gasteiger partial charge in [-0.3, -0.25) is 9.78 Å². The highest BCUT2D eigenvalue weighted by molar-refractivity contribution is 7.89. The maximum atomic E-state index is 13.6. The molecule has 1 N–H and O–H groups in total. The Morgan fingerprint density at radius 3 is 2.16 bits per heavy atom. The standard InChI is InChI=1S/C24H27N3O3S/c1-18-13-19(2)24(20(3)14-18)31(29,30)27(16-22-7-5-4-6-8-22)17-23(28)26-15-21-9-11-25-12-10-21/h4-14H,15-17H2,1-3H3,(H,26,28). The third kappa shape index (κ3) is 5.77. The highest BCUT2D eigenvalue weighted by Crippen LogP contribution is 2.26. The van der Waals surface area contributed by atoms with E-state index in [2.05, 4.69) is 10.3 Å². The third-order valence-electron chi connectivity index (χ3n) is 4.96. The molecule has 0 unspecified atom stereocenters. The maximum Gasteiger partial charge on any atom is 0.244 e. The van der Waals surface area contributed by atoms with Crippen LogP contribution in [-0.2, 0) is 27.9 Å². The molecule has 31 heavy (non-hydrogen) atoms. The number of carbonyl (C=O) groups is 1. The summed E-state index contributed by atoms with van der Waals surface area (Å²) in [4.78, 5) is 16.9. The molecule has 0 saturated carbocycles. The molecule has 3 rings (SSSR count). The second-order valence-electron chi connectivity index (χ2n) is 7.62. The molecule has 0 bridgehead atoms. The summed E-state index contributed by atoms with van der Waals surface area (Å²) >= 11 is 0. The van der Waals surface area contributed by atoms with Gasteiger partial charge >= 0.3 is 0 Å². The molecule has 0 fully saturated rings. The molecular formula is C24H27N3O3S. The van der Waals surface area contributed by atoms with Gasteiger partial charge in [0, 0.05) is 25.5 Å². The van der Waals surface area contributed by atoms with Gasteiger partial charge in [0.05, 0.1) is 11.4 Å². The number of carbonyl (C=O) groups excluding carboxylic acids is 1. The number of rotatable bonds is 8. The average Bonchev–Trinajstić information content (AvgIpc) is 2.72. The van der Waals surface area contributed by atoms with Gasteiger partial charge in [-0.05, 0) is 55.2 Å². The van der Waals surface area contributed by atoms with Crippen molar-refractivity contribution < 1.29 is 13.2 Å². The Morgan fingerprint density at radius 2 is 1.55 bits per heavy atom. The second-order valence-corrected chi connectivity index (χ2v) is 9.49. The first-order valence-electron chi connectivity index (χ1n) is 10.0. The van der Waals surface area contributed by atoms with Crippen LogP contribution in [-0.4, -0.2) is 30.2 Å². The maximum absolute atomic E-state index is 13.6. The van der Waals surface area contributed by atoms with E-state index in [1.165, 1.54) is 4.31 Å². The van der Waals surface area contributed by atoms with Crippen LogP contribution in [0, 0.1) is 20.8 Å². The van der Waals surface area contributed by atoms with Crippen LogP contribution in [0.25, 0.3) is 0 Å². The van der Waals surface area contributed by atoms with Crippen molar-refractivity contribution in [2.24, 2.45) is 0 Å². The van der Waals surface area contributed by atoms with Crippen molar-refractivity contribution in [3.63, 3.8) is 0 Å². The zero-order chi connectivity index (χ0) is 22.4. The van der Waals surface area contributed by atoms with Gasteiger partial charge in [-0.25, -0.2) is 8.42 Å². The van der Waals surface area contributed by atoms with E-state index in [-0.39, 0.29) is 23.9 Å². The van der Waals surface area contributed by atoms with Gasteiger partial charge < -0.3 is 5.32 Å². The zero-order valence-corrected chi connectivity index (χ0v) is 18.8. The Labute approximate surface area is 184 Å².